The average molecular weight is 393 g/mol. The van der Waals surface area contributed by atoms with Gasteiger partial charge in [0.25, 0.3) is 5.91 Å². The van der Waals surface area contributed by atoms with Crippen molar-refractivity contribution in [2.45, 2.75) is 13.0 Å². The number of carbonyl (C=O) groups is 1. The van der Waals surface area contributed by atoms with E-state index >= 15 is 0 Å². The Morgan fingerprint density at radius 1 is 1.18 bits per heavy atom. The third kappa shape index (κ3) is 4.52. The molecule has 2 N–H and O–H groups in total. The van der Waals surface area contributed by atoms with Gasteiger partial charge >= 0.3 is 0 Å². The topological polar surface area (TPSA) is 98.9 Å². The van der Waals surface area contributed by atoms with Crippen LogP contribution in [0.15, 0.2) is 54.6 Å². The molecule has 1 amide bonds. The van der Waals surface area contributed by atoms with E-state index in [-0.39, 0.29) is 12.3 Å². The van der Waals surface area contributed by atoms with E-state index in [1.807, 2.05) is 0 Å². The first-order chi connectivity index (χ1) is 13.5. The van der Waals surface area contributed by atoms with E-state index in [9.17, 15) is 9.90 Å². The van der Waals surface area contributed by atoms with Gasteiger partial charge in [0.1, 0.15) is 5.69 Å². The molecule has 140 valence electrons. The molecule has 0 fully saturated rings. The number of benzene rings is 2. The summed E-state index contributed by atoms with van der Waals surface area (Å²) in [4.78, 5) is 21.5. The fourth-order valence-corrected chi connectivity index (χ4v) is 2.66. The highest BCUT2D eigenvalue weighted by Crippen LogP contribution is 2.24. The second-order valence-corrected chi connectivity index (χ2v) is 6.66. The van der Waals surface area contributed by atoms with Gasteiger partial charge in [-0.3, -0.25) is 4.79 Å². The fraction of sp³-hybridized carbons (Fsp3) is 0.143. The van der Waals surface area contributed by atoms with Gasteiger partial charge in [-0.25, -0.2) is 9.97 Å². The average Bonchev–Trinajstić information content (AvgIpc) is 2.73. The first kappa shape index (κ1) is 19.5. The summed E-state index contributed by atoms with van der Waals surface area (Å²) in [5.41, 5.74) is 2.58. The standard InChI is InChI=1S/C21H17ClN4O2/c1-13(12-27)24-21(28)19-10-18(15-5-7-17(22)8-6-15)25-20(26-19)16-4-2-3-14(9-16)11-23/h2-10,13,27H,12H2,1H3,(H,24,28). The van der Waals surface area contributed by atoms with Gasteiger partial charge in [-0.05, 0) is 37.3 Å². The number of aromatic nitrogens is 2. The van der Waals surface area contributed by atoms with Crippen molar-refractivity contribution in [3.63, 3.8) is 0 Å². The SMILES string of the molecule is CC(CO)NC(=O)c1cc(-c2ccc(Cl)cc2)nc(-c2cccc(C#N)c2)n1. The van der Waals surface area contributed by atoms with E-state index in [0.717, 1.165) is 5.56 Å². The highest BCUT2D eigenvalue weighted by Gasteiger charge is 2.16. The maximum atomic E-state index is 12.6. The van der Waals surface area contributed by atoms with Crippen molar-refractivity contribution in [2.75, 3.05) is 6.61 Å². The molecule has 0 aliphatic rings. The maximum absolute atomic E-state index is 12.6. The van der Waals surface area contributed by atoms with Crippen LogP contribution >= 0.6 is 11.6 Å². The van der Waals surface area contributed by atoms with E-state index in [2.05, 4.69) is 21.4 Å². The quantitative estimate of drug-likeness (QED) is 0.692. The first-order valence-electron chi connectivity index (χ1n) is 8.57. The van der Waals surface area contributed by atoms with Crippen LogP contribution in [-0.2, 0) is 0 Å². The van der Waals surface area contributed by atoms with Crippen LogP contribution in [0.1, 0.15) is 23.0 Å². The number of nitriles is 1. The van der Waals surface area contributed by atoms with Crippen LogP contribution in [0.25, 0.3) is 22.6 Å². The molecule has 0 radical (unpaired) electrons. The van der Waals surface area contributed by atoms with E-state index in [1.54, 1.807) is 61.5 Å². The molecule has 1 heterocycles. The van der Waals surface area contributed by atoms with Gasteiger partial charge in [0, 0.05) is 22.2 Å². The summed E-state index contributed by atoms with van der Waals surface area (Å²) in [5, 5.41) is 21.6. The number of aliphatic hydroxyl groups excluding tert-OH is 1. The Hall–Kier alpha value is -3.27. The Labute approximate surface area is 167 Å². The molecule has 0 aliphatic carbocycles. The molecule has 0 bridgehead atoms. The zero-order valence-electron chi connectivity index (χ0n) is 15.1. The van der Waals surface area contributed by atoms with E-state index < -0.39 is 11.9 Å². The summed E-state index contributed by atoms with van der Waals surface area (Å²) >= 11 is 5.96. The molecule has 0 saturated carbocycles. The molecule has 1 aromatic heterocycles. The molecule has 0 saturated heterocycles. The Morgan fingerprint density at radius 2 is 1.93 bits per heavy atom. The minimum absolute atomic E-state index is 0.164. The maximum Gasteiger partial charge on any atom is 0.270 e. The number of carbonyl (C=O) groups excluding carboxylic acids is 1. The second kappa shape index (κ2) is 8.61. The number of halogens is 1. The van der Waals surface area contributed by atoms with Gasteiger partial charge < -0.3 is 10.4 Å². The Balaban J connectivity index is 2.11. The van der Waals surface area contributed by atoms with Crippen molar-refractivity contribution in [3.8, 4) is 28.7 Å². The number of hydrogen-bond donors (Lipinski definition) is 2. The van der Waals surface area contributed by atoms with Crippen molar-refractivity contribution >= 4 is 17.5 Å². The smallest absolute Gasteiger partial charge is 0.270 e. The molecule has 3 rings (SSSR count). The lowest BCUT2D eigenvalue weighted by Gasteiger charge is -2.12. The molecular weight excluding hydrogens is 376 g/mol. The molecule has 3 aromatic rings. The Morgan fingerprint density at radius 3 is 2.61 bits per heavy atom. The Bertz CT molecular complexity index is 1050. The predicted octanol–water partition coefficient (Wildman–Crippen LogP) is 3.45. The summed E-state index contributed by atoms with van der Waals surface area (Å²) in [6.45, 7) is 1.51. The fourth-order valence-electron chi connectivity index (χ4n) is 2.53. The van der Waals surface area contributed by atoms with Crippen molar-refractivity contribution < 1.29 is 9.90 Å². The van der Waals surface area contributed by atoms with Crippen LogP contribution in [0, 0.1) is 11.3 Å². The number of aliphatic hydroxyl groups is 1. The number of nitrogens with zero attached hydrogens (tertiary/aromatic N) is 3. The summed E-state index contributed by atoms with van der Waals surface area (Å²) < 4.78 is 0. The largest absolute Gasteiger partial charge is 0.394 e. The Kier molecular flexibility index (Phi) is 5.99. The molecule has 1 atom stereocenters. The number of nitrogens with one attached hydrogen (secondary N) is 1. The summed E-state index contributed by atoms with van der Waals surface area (Å²) in [5.74, 6) is -0.0943. The van der Waals surface area contributed by atoms with Crippen LogP contribution in [-0.4, -0.2) is 33.6 Å². The number of amides is 1. The lowest BCUT2D eigenvalue weighted by Crippen LogP contribution is -2.35. The molecule has 1 unspecified atom stereocenters. The zero-order valence-corrected chi connectivity index (χ0v) is 15.8. The van der Waals surface area contributed by atoms with Crippen molar-refractivity contribution in [1.82, 2.24) is 15.3 Å². The van der Waals surface area contributed by atoms with E-state index in [0.29, 0.717) is 27.7 Å². The summed E-state index contributed by atoms with van der Waals surface area (Å²) in [6.07, 6.45) is 0. The van der Waals surface area contributed by atoms with Crippen LogP contribution < -0.4 is 5.32 Å². The molecular formula is C21H17ClN4O2. The van der Waals surface area contributed by atoms with Gasteiger partial charge in [-0.1, -0.05) is 35.9 Å². The van der Waals surface area contributed by atoms with Crippen molar-refractivity contribution in [3.05, 3.63) is 70.9 Å². The van der Waals surface area contributed by atoms with Gasteiger partial charge in [0.2, 0.25) is 0 Å². The number of hydrogen-bond acceptors (Lipinski definition) is 5. The minimum atomic E-state index is -0.420. The van der Waals surface area contributed by atoms with Gasteiger partial charge in [0.15, 0.2) is 5.82 Å². The molecule has 7 heteroatoms. The third-order valence-corrected chi connectivity index (χ3v) is 4.25. The lowest BCUT2D eigenvalue weighted by atomic mass is 10.1. The van der Waals surface area contributed by atoms with Crippen molar-refractivity contribution in [2.24, 2.45) is 0 Å². The van der Waals surface area contributed by atoms with Crippen LogP contribution in [0.2, 0.25) is 5.02 Å². The van der Waals surface area contributed by atoms with Crippen molar-refractivity contribution in [1.29, 1.82) is 5.26 Å². The van der Waals surface area contributed by atoms with Gasteiger partial charge in [0.05, 0.1) is 23.9 Å². The number of rotatable bonds is 5. The normalized spacial score (nSPS) is 11.5. The highest BCUT2D eigenvalue weighted by atomic mass is 35.5. The highest BCUT2D eigenvalue weighted by molar-refractivity contribution is 6.30. The lowest BCUT2D eigenvalue weighted by molar-refractivity contribution is 0.0917. The monoisotopic (exact) mass is 392 g/mol. The molecule has 6 nitrogen and oxygen atoms in total. The first-order valence-corrected chi connectivity index (χ1v) is 8.95. The molecule has 0 aliphatic heterocycles. The third-order valence-electron chi connectivity index (χ3n) is 4.00. The van der Waals surface area contributed by atoms with Crippen LogP contribution in [0.4, 0.5) is 0 Å². The molecule has 0 spiro atoms. The second-order valence-electron chi connectivity index (χ2n) is 6.22. The summed E-state index contributed by atoms with van der Waals surface area (Å²) in [6, 6.07) is 17.2. The predicted molar refractivity (Wildman–Crippen MR) is 107 cm³/mol. The summed E-state index contributed by atoms with van der Waals surface area (Å²) in [7, 11) is 0. The van der Waals surface area contributed by atoms with E-state index in [4.69, 9.17) is 16.9 Å². The zero-order chi connectivity index (χ0) is 20.1. The van der Waals surface area contributed by atoms with Gasteiger partial charge in [-0.15, -0.1) is 0 Å². The minimum Gasteiger partial charge on any atom is -0.394 e. The molecule has 28 heavy (non-hydrogen) atoms. The van der Waals surface area contributed by atoms with Crippen LogP contribution in [0.5, 0.6) is 0 Å². The van der Waals surface area contributed by atoms with Gasteiger partial charge in [-0.2, -0.15) is 5.26 Å². The molecule has 2 aromatic carbocycles. The van der Waals surface area contributed by atoms with E-state index in [1.165, 1.54) is 0 Å². The van der Waals surface area contributed by atoms with Crippen LogP contribution in [0.3, 0.4) is 0 Å².